The van der Waals surface area contributed by atoms with Crippen molar-refractivity contribution in [2.45, 2.75) is 89.8 Å². The van der Waals surface area contributed by atoms with Crippen molar-refractivity contribution in [1.82, 2.24) is 10.1 Å². The SMILES string of the molecule is CCCCC1=NC2(CCC2)C(=O)N1Cc1ccc(-c2ccccc2S(=O)(=O)Nc2noc(C)c2C)c(COCC)c1. The molecule has 0 atom stereocenters. The van der Waals surface area contributed by atoms with Gasteiger partial charge in [-0.2, -0.15) is 0 Å². The lowest BCUT2D eigenvalue weighted by Gasteiger charge is -2.33. The van der Waals surface area contributed by atoms with E-state index < -0.39 is 15.6 Å². The van der Waals surface area contributed by atoms with E-state index in [1.54, 1.807) is 32.0 Å². The molecular weight excluding hydrogens is 540 g/mol. The molecule has 3 aromatic rings. The van der Waals surface area contributed by atoms with Gasteiger partial charge >= 0.3 is 0 Å². The summed E-state index contributed by atoms with van der Waals surface area (Å²) < 4.78 is 40.6. The lowest BCUT2D eigenvalue weighted by molar-refractivity contribution is -0.134. The summed E-state index contributed by atoms with van der Waals surface area (Å²) >= 11 is 0. The monoisotopic (exact) mass is 578 g/mol. The molecule has 0 unspecified atom stereocenters. The minimum Gasteiger partial charge on any atom is -0.377 e. The van der Waals surface area contributed by atoms with Gasteiger partial charge in [0.2, 0.25) is 0 Å². The molecule has 0 bridgehead atoms. The topological polar surface area (TPSA) is 114 Å². The molecule has 0 radical (unpaired) electrons. The van der Waals surface area contributed by atoms with Crippen molar-refractivity contribution in [2.24, 2.45) is 4.99 Å². The summed E-state index contributed by atoms with van der Waals surface area (Å²) in [5.41, 5.74) is 3.17. The Balaban J connectivity index is 1.48. The fourth-order valence-electron chi connectivity index (χ4n) is 5.39. The number of aryl methyl sites for hydroxylation is 1. The van der Waals surface area contributed by atoms with Gasteiger partial charge in [0.15, 0.2) is 5.82 Å². The van der Waals surface area contributed by atoms with Gasteiger partial charge in [0.25, 0.3) is 15.9 Å². The van der Waals surface area contributed by atoms with Crippen molar-refractivity contribution in [2.75, 3.05) is 11.3 Å². The van der Waals surface area contributed by atoms with E-state index in [0.29, 0.717) is 36.6 Å². The molecule has 0 saturated heterocycles. The second-order valence-corrected chi connectivity index (χ2v) is 12.5. The van der Waals surface area contributed by atoms with E-state index in [4.69, 9.17) is 14.3 Å². The molecule has 2 heterocycles. The number of rotatable bonds is 12. The van der Waals surface area contributed by atoms with E-state index in [0.717, 1.165) is 61.1 Å². The minimum absolute atomic E-state index is 0.103. The number of unbranched alkanes of at least 4 members (excludes halogenated alkanes) is 1. The molecule has 1 fully saturated rings. The molecule has 1 aliphatic carbocycles. The number of hydrogen-bond donors (Lipinski definition) is 1. The highest BCUT2D eigenvalue weighted by Crippen LogP contribution is 2.42. The standard InChI is InChI=1S/C31H38N4O5S/c1-5-7-13-28-32-31(16-10-17-31)30(36)35(28)19-23-14-15-25(24(18-23)20-39-6-2)26-11-8-9-12-27(26)41(37,38)34-29-21(3)22(4)40-33-29/h8-9,11-12,14-15,18H,5-7,10,13,16-17,19-20H2,1-4H3,(H,33,34). The number of anilines is 1. The third-order valence-corrected chi connectivity index (χ3v) is 9.46. The Hall–Kier alpha value is -3.50. The van der Waals surface area contributed by atoms with Gasteiger partial charge in [-0.1, -0.05) is 54.9 Å². The highest BCUT2D eigenvalue weighted by atomic mass is 32.2. The minimum atomic E-state index is -3.98. The van der Waals surface area contributed by atoms with Crippen molar-refractivity contribution in [3.05, 3.63) is 64.9 Å². The molecule has 2 aromatic carbocycles. The molecule has 10 heteroatoms. The molecule has 1 N–H and O–H groups in total. The van der Waals surface area contributed by atoms with Crippen molar-refractivity contribution in [3.63, 3.8) is 0 Å². The largest absolute Gasteiger partial charge is 0.377 e. The molecule has 5 rings (SSSR count). The number of sulfonamides is 1. The smallest absolute Gasteiger partial charge is 0.263 e. The quantitative estimate of drug-likeness (QED) is 0.276. The van der Waals surface area contributed by atoms with Gasteiger partial charge in [-0.3, -0.25) is 19.4 Å². The Morgan fingerprint density at radius 1 is 1.10 bits per heavy atom. The number of nitrogens with one attached hydrogen (secondary N) is 1. The van der Waals surface area contributed by atoms with Crippen LogP contribution in [0.2, 0.25) is 0 Å². The Labute approximate surface area is 242 Å². The normalized spacial score (nSPS) is 16.2. The number of aromatic nitrogens is 1. The first-order valence-electron chi connectivity index (χ1n) is 14.3. The lowest BCUT2D eigenvalue weighted by atomic mass is 9.77. The van der Waals surface area contributed by atoms with Gasteiger partial charge < -0.3 is 9.26 Å². The van der Waals surface area contributed by atoms with Gasteiger partial charge in [0.05, 0.1) is 18.0 Å². The van der Waals surface area contributed by atoms with E-state index >= 15 is 0 Å². The number of carbonyl (C=O) groups is 1. The number of nitrogens with zero attached hydrogens (tertiary/aromatic N) is 3. The number of amidine groups is 1. The zero-order chi connectivity index (χ0) is 29.2. The fourth-order valence-corrected chi connectivity index (χ4v) is 6.67. The summed E-state index contributed by atoms with van der Waals surface area (Å²) in [4.78, 5) is 20.4. The van der Waals surface area contributed by atoms with E-state index in [-0.39, 0.29) is 16.6 Å². The first-order valence-corrected chi connectivity index (χ1v) is 15.8. The van der Waals surface area contributed by atoms with Crippen LogP contribution >= 0.6 is 0 Å². The van der Waals surface area contributed by atoms with Crippen LogP contribution in [0.3, 0.4) is 0 Å². The van der Waals surface area contributed by atoms with Gasteiger partial charge in [-0.25, -0.2) is 8.42 Å². The fraction of sp³-hybridized carbons (Fsp3) is 0.452. The first-order chi connectivity index (χ1) is 19.7. The second kappa shape index (κ2) is 11.8. The Bertz CT molecular complexity index is 1570. The molecule has 1 amide bonds. The summed E-state index contributed by atoms with van der Waals surface area (Å²) in [7, 11) is -3.98. The van der Waals surface area contributed by atoms with E-state index in [9.17, 15) is 13.2 Å². The maximum absolute atomic E-state index is 13.6. The van der Waals surface area contributed by atoms with E-state index in [1.807, 2.05) is 36.1 Å². The van der Waals surface area contributed by atoms with Crippen molar-refractivity contribution < 1.29 is 22.5 Å². The summed E-state index contributed by atoms with van der Waals surface area (Å²) in [5.74, 6) is 1.70. The molecule has 9 nitrogen and oxygen atoms in total. The van der Waals surface area contributed by atoms with Crippen LogP contribution in [-0.4, -0.2) is 42.4 Å². The predicted octanol–water partition coefficient (Wildman–Crippen LogP) is 6.15. The molecule has 2 aliphatic rings. The van der Waals surface area contributed by atoms with Crippen LogP contribution in [0.4, 0.5) is 5.82 Å². The second-order valence-electron chi connectivity index (χ2n) is 10.9. The summed E-state index contributed by atoms with van der Waals surface area (Å²) in [6, 6.07) is 12.8. The molecule has 1 aliphatic heterocycles. The highest BCUT2D eigenvalue weighted by molar-refractivity contribution is 7.92. The third-order valence-electron chi connectivity index (χ3n) is 8.06. The maximum Gasteiger partial charge on any atom is 0.263 e. The molecule has 1 saturated carbocycles. The van der Waals surface area contributed by atoms with Gasteiger partial charge in [0, 0.05) is 24.2 Å². The van der Waals surface area contributed by atoms with Crippen molar-refractivity contribution in [3.8, 4) is 11.1 Å². The number of carbonyl (C=O) groups excluding carboxylic acids is 1. The Morgan fingerprint density at radius 2 is 1.88 bits per heavy atom. The number of benzene rings is 2. The molecule has 218 valence electrons. The highest BCUT2D eigenvalue weighted by Gasteiger charge is 2.51. The summed E-state index contributed by atoms with van der Waals surface area (Å²) in [6.45, 7) is 8.79. The maximum atomic E-state index is 13.6. The summed E-state index contributed by atoms with van der Waals surface area (Å²) in [6.07, 6.45) is 5.48. The average molecular weight is 579 g/mol. The van der Waals surface area contributed by atoms with Crippen molar-refractivity contribution >= 4 is 27.6 Å². The Kier molecular flexibility index (Phi) is 8.33. The number of aliphatic imine (C=N–C) groups is 1. The first kappa shape index (κ1) is 29.0. The zero-order valence-electron chi connectivity index (χ0n) is 24.2. The summed E-state index contributed by atoms with van der Waals surface area (Å²) in [5, 5.41) is 3.87. The van der Waals surface area contributed by atoms with Crippen LogP contribution in [0.5, 0.6) is 0 Å². The number of ether oxygens (including phenoxy) is 1. The zero-order valence-corrected chi connectivity index (χ0v) is 25.0. The Morgan fingerprint density at radius 3 is 2.54 bits per heavy atom. The molecular formula is C31H38N4O5S. The van der Waals surface area contributed by atoms with Crippen LogP contribution in [0.1, 0.15) is 74.8 Å². The van der Waals surface area contributed by atoms with E-state index in [2.05, 4.69) is 16.8 Å². The van der Waals surface area contributed by atoms with Gasteiger partial charge in [-0.15, -0.1) is 0 Å². The molecule has 1 aromatic heterocycles. The van der Waals surface area contributed by atoms with Crippen LogP contribution in [0.25, 0.3) is 11.1 Å². The van der Waals surface area contributed by atoms with Gasteiger partial charge in [0.1, 0.15) is 17.1 Å². The van der Waals surface area contributed by atoms with Crippen LogP contribution in [-0.2, 0) is 32.7 Å². The predicted molar refractivity (Wildman–Crippen MR) is 158 cm³/mol. The van der Waals surface area contributed by atoms with Crippen molar-refractivity contribution in [1.29, 1.82) is 0 Å². The molecule has 41 heavy (non-hydrogen) atoms. The van der Waals surface area contributed by atoms with Gasteiger partial charge in [-0.05, 0) is 69.2 Å². The van der Waals surface area contributed by atoms with Crippen LogP contribution in [0.15, 0.2) is 56.9 Å². The lowest BCUT2D eigenvalue weighted by Crippen LogP contribution is -2.46. The third kappa shape index (κ3) is 5.67. The average Bonchev–Trinajstić information content (AvgIpc) is 3.41. The van der Waals surface area contributed by atoms with E-state index in [1.165, 1.54) is 0 Å². The van der Waals surface area contributed by atoms with Crippen LogP contribution < -0.4 is 4.72 Å². The van der Waals surface area contributed by atoms with Crippen LogP contribution in [0, 0.1) is 13.8 Å². The number of amides is 1. The molecule has 1 spiro atoms. The number of hydrogen-bond acceptors (Lipinski definition) is 7.